The Morgan fingerprint density at radius 2 is 1.76 bits per heavy atom. The van der Waals surface area contributed by atoms with Gasteiger partial charge in [-0.1, -0.05) is 29.8 Å². The fraction of sp³-hybridized carbons (Fsp3) is 0.136. The molecule has 1 aromatic heterocycles. The third-order valence-electron chi connectivity index (χ3n) is 4.83. The molecule has 0 aliphatic heterocycles. The van der Waals surface area contributed by atoms with Crippen LogP contribution in [0.3, 0.4) is 0 Å². The van der Waals surface area contributed by atoms with Crippen molar-refractivity contribution in [1.82, 2.24) is 9.55 Å². The van der Waals surface area contributed by atoms with Gasteiger partial charge in [-0.2, -0.15) is 0 Å². The SMILES string of the molecule is CCn1c(-c2ccccc2NS(=O)(=O)c2ccc(C)cc2)nc2cc(N)ccc21. The molecule has 0 fully saturated rings. The molecule has 148 valence electrons. The summed E-state index contributed by atoms with van der Waals surface area (Å²) in [5.41, 5.74) is 10.5. The average Bonchev–Trinajstić information content (AvgIpc) is 3.05. The van der Waals surface area contributed by atoms with Crippen molar-refractivity contribution in [3.05, 3.63) is 72.3 Å². The number of aromatic nitrogens is 2. The van der Waals surface area contributed by atoms with E-state index in [0.717, 1.165) is 16.6 Å². The highest BCUT2D eigenvalue weighted by molar-refractivity contribution is 7.92. The summed E-state index contributed by atoms with van der Waals surface area (Å²) < 4.78 is 30.6. The van der Waals surface area contributed by atoms with Crippen LogP contribution in [0, 0.1) is 6.92 Å². The summed E-state index contributed by atoms with van der Waals surface area (Å²) in [5, 5.41) is 0. The standard InChI is InChI=1S/C22H22N4O2S/c1-3-26-21-13-10-16(23)14-20(21)24-22(26)18-6-4-5-7-19(18)25-29(27,28)17-11-8-15(2)9-12-17/h4-14,25H,3,23H2,1-2H3. The Kier molecular flexibility index (Phi) is 4.76. The van der Waals surface area contributed by atoms with Gasteiger partial charge in [-0.15, -0.1) is 0 Å². The quantitative estimate of drug-likeness (QED) is 0.480. The lowest BCUT2D eigenvalue weighted by atomic mass is 10.1. The van der Waals surface area contributed by atoms with Gasteiger partial charge in [-0.05, 0) is 56.3 Å². The van der Waals surface area contributed by atoms with Crippen molar-refractivity contribution in [3.8, 4) is 11.4 Å². The number of rotatable bonds is 5. The molecule has 0 spiro atoms. The molecule has 6 nitrogen and oxygen atoms in total. The molecule has 0 aliphatic carbocycles. The predicted molar refractivity (Wildman–Crippen MR) is 117 cm³/mol. The van der Waals surface area contributed by atoms with Gasteiger partial charge in [-0.3, -0.25) is 4.72 Å². The number of nitrogens with one attached hydrogen (secondary N) is 1. The van der Waals surface area contributed by atoms with E-state index in [1.807, 2.05) is 48.7 Å². The van der Waals surface area contributed by atoms with E-state index >= 15 is 0 Å². The number of hydrogen-bond acceptors (Lipinski definition) is 4. The molecule has 1 heterocycles. The zero-order valence-corrected chi connectivity index (χ0v) is 17.1. The van der Waals surface area contributed by atoms with Crippen LogP contribution in [0.5, 0.6) is 0 Å². The maximum atomic E-state index is 12.9. The van der Waals surface area contributed by atoms with Crippen LogP contribution in [0.25, 0.3) is 22.4 Å². The summed E-state index contributed by atoms with van der Waals surface area (Å²) in [6.07, 6.45) is 0. The molecule has 4 rings (SSSR count). The zero-order valence-electron chi connectivity index (χ0n) is 16.3. The van der Waals surface area contributed by atoms with E-state index in [-0.39, 0.29) is 4.90 Å². The van der Waals surface area contributed by atoms with Crippen molar-refractivity contribution in [3.63, 3.8) is 0 Å². The predicted octanol–water partition coefficient (Wildman–Crippen LogP) is 4.41. The van der Waals surface area contributed by atoms with Crippen LogP contribution in [0.15, 0.2) is 71.6 Å². The Balaban J connectivity index is 1.82. The molecule has 29 heavy (non-hydrogen) atoms. The molecule has 0 aliphatic rings. The number of aryl methyl sites for hydroxylation is 2. The molecule has 0 unspecified atom stereocenters. The number of imidazole rings is 1. The second-order valence-corrected chi connectivity index (χ2v) is 8.57. The fourth-order valence-electron chi connectivity index (χ4n) is 3.36. The summed E-state index contributed by atoms with van der Waals surface area (Å²) in [6.45, 7) is 4.63. The number of sulfonamides is 1. The zero-order chi connectivity index (χ0) is 20.6. The van der Waals surface area contributed by atoms with Gasteiger partial charge in [0.2, 0.25) is 0 Å². The van der Waals surface area contributed by atoms with Crippen molar-refractivity contribution >= 4 is 32.4 Å². The van der Waals surface area contributed by atoms with Gasteiger partial charge in [0.1, 0.15) is 5.82 Å². The van der Waals surface area contributed by atoms with E-state index in [1.165, 1.54) is 0 Å². The van der Waals surface area contributed by atoms with Crippen LogP contribution in [0.4, 0.5) is 11.4 Å². The number of nitrogen functional groups attached to an aromatic ring is 1. The Bertz CT molecular complexity index is 1290. The molecule has 0 bridgehead atoms. The number of benzene rings is 3. The van der Waals surface area contributed by atoms with Gasteiger partial charge in [0.25, 0.3) is 10.0 Å². The Morgan fingerprint density at radius 1 is 1.03 bits per heavy atom. The van der Waals surface area contributed by atoms with Crippen molar-refractivity contribution in [2.45, 2.75) is 25.3 Å². The van der Waals surface area contributed by atoms with Gasteiger partial charge in [0.15, 0.2) is 0 Å². The highest BCUT2D eigenvalue weighted by Gasteiger charge is 2.19. The highest BCUT2D eigenvalue weighted by atomic mass is 32.2. The first-order valence-corrected chi connectivity index (χ1v) is 10.8. The largest absolute Gasteiger partial charge is 0.399 e. The van der Waals surface area contributed by atoms with Gasteiger partial charge in [0, 0.05) is 17.8 Å². The summed E-state index contributed by atoms with van der Waals surface area (Å²) in [4.78, 5) is 4.96. The van der Waals surface area contributed by atoms with E-state index in [1.54, 1.807) is 36.4 Å². The van der Waals surface area contributed by atoms with E-state index in [9.17, 15) is 8.42 Å². The molecule has 0 radical (unpaired) electrons. The van der Waals surface area contributed by atoms with Gasteiger partial charge >= 0.3 is 0 Å². The number of nitrogens with zero attached hydrogens (tertiary/aromatic N) is 2. The van der Waals surface area contributed by atoms with Crippen molar-refractivity contribution < 1.29 is 8.42 Å². The lowest BCUT2D eigenvalue weighted by molar-refractivity contribution is 0.601. The highest BCUT2D eigenvalue weighted by Crippen LogP contribution is 2.32. The smallest absolute Gasteiger partial charge is 0.261 e. The van der Waals surface area contributed by atoms with Gasteiger partial charge < -0.3 is 10.3 Å². The molecule has 4 aromatic rings. The molecule has 3 N–H and O–H groups in total. The van der Waals surface area contributed by atoms with Gasteiger partial charge in [0.05, 0.1) is 21.6 Å². The van der Waals surface area contributed by atoms with Crippen LogP contribution < -0.4 is 10.5 Å². The Hall–Kier alpha value is -3.32. The number of hydrogen-bond donors (Lipinski definition) is 2. The van der Waals surface area contributed by atoms with Crippen LogP contribution in [0.1, 0.15) is 12.5 Å². The van der Waals surface area contributed by atoms with Crippen LogP contribution in [-0.4, -0.2) is 18.0 Å². The minimum Gasteiger partial charge on any atom is -0.399 e. The molecule has 0 atom stereocenters. The van der Waals surface area contributed by atoms with E-state index in [4.69, 9.17) is 10.7 Å². The number of fused-ring (bicyclic) bond motifs is 1. The Labute approximate surface area is 170 Å². The monoisotopic (exact) mass is 406 g/mol. The normalized spacial score (nSPS) is 11.7. The lowest BCUT2D eigenvalue weighted by Crippen LogP contribution is -2.14. The van der Waals surface area contributed by atoms with Crippen molar-refractivity contribution in [2.24, 2.45) is 0 Å². The third kappa shape index (κ3) is 3.56. The molecular weight excluding hydrogens is 384 g/mol. The number of nitrogens with two attached hydrogens (primary N) is 1. The molecular formula is C22H22N4O2S. The molecule has 7 heteroatoms. The summed E-state index contributed by atoms with van der Waals surface area (Å²) in [7, 11) is -3.72. The summed E-state index contributed by atoms with van der Waals surface area (Å²) >= 11 is 0. The summed E-state index contributed by atoms with van der Waals surface area (Å²) in [5.74, 6) is 0.690. The molecule has 0 amide bonds. The van der Waals surface area contributed by atoms with Crippen LogP contribution >= 0.6 is 0 Å². The summed E-state index contributed by atoms with van der Waals surface area (Å²) in [6, 6.07) is 19.6. The minimum absolute atomic E-state index is 0.217. The molecule has 3 aromatic carbocycles. The molecule has 0 saturated heterocycles. The maximum absolute atomic E-state index is 12.9. The number of anilines is 2. The maximum Gasteiger partial charge on any atom is 0.261 e. The first kappa shape index (κ1) is 19.0. The lowest BCUT2D eigenvalue weighted by Gasteiger charge is -2.14. The second-order valence-electron chi connectivity index (χ2n) is 6.89. The van der Waals surface area contributed by atoms with E-state index in [0.29, 0.717) is 29.3 Å². The topological polar surface area (TPSA) is 90.0 Å². The first-order valence-electron chi connectivity index (χ1n) is 9.33. The van der Waals surface area contributed by atoms with Crippen LogP contribution in [-0.2, 0) is 16.6 Å². The first-order chi connectivity index (χ1) is 13.9. The fourth-order valence-corrected chi connectivity index (χ4v) is 4.44. The molecule has 0 saturated carbocycles. The van der Waals surface area contributed by atoms with E-state index in [2.05, 4.69) is 4.72 Å². The Morgan fingerprint density at radius 3 is 2.48 bits per heavy atom. The average molecular weight is 407 g/mol. The van der Waals surface area contributed by atoms with Crippen molar-refractivity contribution in [1.29, 1.82) is 0 Å². The third-order valence-corrected chi connectivity index (χ3v) is 6.21. The van der Waals surface area contributed by atoms with Gasteiger partial charge in [-0.25, -0.2) is 13.4 Å². The number of para-hydroxylation sites is 1. The second kappa shape index (κ2) is 7.25. The minimum atomic E-state index is -3.72. The van der Waals surface area contributed by atoms with Crippen LogP contribution in [0.2, 0.25) is 0 Å². The van der Waals surface area contributed by atoms with E-state index < -0.39 is 10.0 Å². The van der Waals surface area contributed by atoms with Crippen molar-refractivity contribution in [2.75, 3.05) is 10.5 Å².